The van der Waals surface area contributed by atoms with Gasteiger partial charge in [0.2, 0.25) is 0 Å². The maximum atomic E-state index is 14.3. The van der Waals surface area contributed by atoms with E-state index >= 15 is 0 Å². The minimum atomic E-state index is -5.71. The SMILES string of the molecule is CCCCCCCCCCCCCCCCCC(=O)O[C@@H]1COC(=O)CCCCCC[C@H]2C(=O)C[C@@H](O)[C@H](/C=C/[C@@H](O)CCCCC)[C@H](O)[C@H](O)[C@@H](COP(=O)(O)OP(=O)(O)OC1)O[C@H]2n1ccc(N)nc1=O. The molecule has 2 saturated heterocycles. The molecular formula is C50H87N3O18P2. The molecule has 23 heteroatoms. The Balaban J connectivity index is 1.78. The average molecular weight is 1080 g/mol. The van der Waals surface area contributed by atoms with E-state index in [1.54, 1.807) is 0 Å². The van der Waals surface area contributed by atoms with Crippen molar-refractivity contribution in [3.05, 3.63) is 34.9 Å². The van der Waals surface area contributed by atoms with Gasteiger partial charge >= 0.3 is 33.3 Å². The van der Waals surface area contributed by atoms with Crippen LogP contribution in [-0.4, -0.2) is 114 Å². The summed E-state index contributed by atoms with van der Waals surface area (Å²) in [6.45, 7) is 1.50. The van der Waals surface area contributed by atoms with Crippen LogP contribution in [0.15, 0.2) is 29.2 Å². The number of anilines is 1. The maximum Gasteiger partial charge on any atom is 0.481 e. The minimum absolute atomic E-state index is 0.000553. The molecule has 1 aromatic heterocycles. The number of aliphatic hydroxyl groups excluding tert-OH is 4. The van der Waals surface area contributed by atoms with Crippen molar-refractivity contribution in [3.8, 4) is 0 Å². The molecule has 2 aliphatic heterocycles. The van der Waals surface area contributed by atoms with Crippen molar-refractivity contribution in [1.82, 2.24) is 9.55 Å². The zero-order valence-corrected chi connectivity index (χ0v) is 45.0. The first-order valence-electron chi connectivity index (χ1n) is 26.8. The highest BCUT2D eigenvalue weighted by Gasteiger charge is 2.45. The number of nitrogen functional groups attached to an aromatic ring is 1. The lowest BCUT2D eigenvalue weighted by molar-refractivity contribution is -0.184. The number of nitrogens with zero attached hydrogens (tertiary/aromatic N) is 2. The van der Waals surface area contributed by atoms with Crippen LogP contribution in [0, 0.1) is 11.8 Å². The Morgan fingerprint density at radius 1 is 0.808 bits per heavy atom. The number of Topliss-reactive ketones (excluding diaryl/α,β-unsaturated/α-hetero) is 1. The lowest BCUT2D eigenvalue weighted by Gasteiger charge is -2.38. The zero-order valence-electron chi connectivity index (χ0n) is 43.2. The van der Waals surface area contributed by atoms with Gasteiger partial charge in [-0.05, 0) is 31.7 Å². The Morgan fingerprint density at radius 2 is 1.38 bits per heavy atom. The Bertz CT molecular complexity index is 1940. The van der Waals surface area contributed by atoms with Crippen molar-refractivity contribution >= 4 is 39.2 Å². The summed E-state index contributed by atoms with van der Waals surface area (Å²) in [5, 5.41) is 45.6. The van der Waals surface area contributed by atoms with E-state index in [-0.39, 0.29) is 25.1 Å². The molecule has 21 nitrogen and oxygen atoms in total. The van der Waals surface area contributed by atoms with Crippen molar-refractivity contribution in [1.29, 1.82) is 0 Å². The van der Waals surface area contributed by atoms with Gasteiger partial charge in [-0.25, -0.2) is 13.9 Å². The Hall–Kier alpha value is -2.91. The van der Waals surface area contributed by atoms with E-state index < -0.39 is 120 Å². The molecule has 1 aromatic rings. The largest absolute Gasteiger partial charge is 0.481 e. The summed E-state index contributed by atoms with van der Waals surface area (Å²) in [7, 11) is -11.3. The third-order valence-electron chi connectivity index (χ3n) is 13.2. The molecule has 8 N–H and O–H groups in total. The summed E-state index contributed by atoms with van der Waals surface area (Å²) < 4.78 is 59.1. The molecule has 73 heavy (non-hydrogen) atoms. The van der Waals surface area contributed by atoms with Crippen molar-refractivity contribution in [3.63, 3.8) is 0 Å². The fraction of sp³-hybridized carbons (Fsp3) is 0.820. The quantitative estimate of drug-likeness (QED) is 0.0224. The van der Waals surface area contributed by atoms with Gasteiger partial charge in [0, 0.05) is 31.4 Å². The molecule has 2 fully saturated rings. The van der Waals surface area contributed by atoms with Crippen LogP contribution in [0.5, 0.6) is 0 Å². The number of hydrogen-bond donors (Lipinski definition) is 7. The summed E-state index contributed by atoms with van der Waals surface area (Å²) in [6.07, 6.45) is 12.5. The van der Waals surface area contributed by atoms with Gasteiger partial charge in [-0.2, -0.15) is 9.29 Å². The van der Waals surface area contributed by atoms with E-state index in [1.165, 1.54) is 88.6 Å². The number of phosphoric acid groups is 2. The Morgan fingerprint density at radius 3 is 2.00 bits per heavy atom. The molecule has 3 heterocycles. The summed E-state index contributed by atoms with van der Waals surface area (Å²) in [4.78, 5) is 78.5. The first-order valence-corrected chi connectivity index (χ1v) is 29.8. The number of esters is 2. The van der Waals surface area contributed by atoms with E-state index in [4.69, 9.17) is 29.0 Å². The van der Waals surface area contributed by atoms with E-state index in [1.807, 2.05) is 6.92 Å². The third-order valence-corrected chi connectivity index (χ3v) is 15.8. The number of hydrogen-bond acceptors (Lipinski definition) is 18. The smallest absolute Gasteiger partial charge is 0.462 e. The molecule has 2 aliphatic rings. The van der Waals surface area contributed by atoms with Gasteiger partial charge in [0.25, 0.3) is 0 Å². The number of unbranched alkanes of at least 4 members (excludes halogenated alkanes) is 16. The number of nitrogens with two attached hydrogens (primary N) is 1. The third kappa shape index (κ3) is 26.1. The lowest BCUT2D eigenvalue weighted by atomic mass is 9.83. The predicted molar refractivity (Wildman–Crippen MR) is 271 cm³/mol. The van der Waals surface area contributed by atoms with Crippen molar-refractivity contribution in [2.45, 2.75) is 230 Å². The fourth-order valence-electron chi connectivity index (χ4n) is 8.97. The monoisotopic (exact) mass is 1080 g/mol. The molecular weight excluding hydrogens is 993 g/mol. The van der Waals surface area contributed by atoms with Crippen LogP contribution in [0.25, 0.3) is 0 Å². The van der Waals surface area contributed by atoms with Crippen LogP contribution < -0.4 is 11.4 Å². The second kappa shape index (κ2) is 35.4. The van der Waals surface area contributed by atoms with E-state index in [0.29, 0.717) is 44.9 Å². The van der Waals surface area contributed by atoms with Gasteiger partial charge in [-0.1, -0.05) is 154 Å². The van der Waals surface area contributed by atoms with Crippen molar-refractivity contribution < 1.29 is 81.3 Å². The number of ether oxygens (including phenoxy) is 3. The first-order chi connectivity index (χ1) is 34.9. The lowest BCUT2D eigenvalue weighted by Crippen LogP contribution is -2.51. The number of aliphatic hydroxyl groups is 4. The Kier molecular flexibility index (Phi) is 31.2. The van der Waals surface area contributed by atoms with E-state index in [0.717, 1.165) is 43.1 Å². The van der Waals surface area contributed by atoms with Crippen LogP contribution >= 0.6 is 15.6 Å². The van der Waals surface area contributed by atoms with Crippen LogP contribution in [-0.2, 0) is 51.1 Å². The number of phosphoric ester groups is 2. The normalized spacial score (nSPS) is 29.3. The molecule has 0 amide bonds. The average Bonchev–Trinajstić information content (AvgIpc) is 3.33. The molecule has 0 spiro atoms. The fourth-order valence-corrected chi connectivity index (χ4v) is 11.1. The van der Waals surface area contributed by atoms with Gasteiger partial charge in [0.05, 0.1) is 37.4 Å². The maximum absolute atomic E-state index is 14.3. The topological polar surface area (TPSA) is 323 Å². The summed E-state index contributed by atoms with van der Waals surface area (Å²) in [6, 6.07) is 1.23. The number of carbonyl (C=O) groups excluding carboxylic acids is 3. The van der Waals surface area contributed by atoms with Crippen molar-refractivity contribution in [2.75, 3.05) is 25.6 Å². The number of aromatic nitrogens is 2. The van der Waals surface area contributed by atoms with Crippen LogP contribution in [0.2, 0.25) is 0 Å². The van der Waals surface area contributed by atoms with Crippen molar-refractivity contribution in [2.24, 2.45) is 11.8 Å². The van der Waals surface area contributed by atoms with Gasteiger partial charge in [-0.15, -0.1) is 0 Å². The molecule has 0 saturated carbocycles. The molecule has 11 atom stereocenters. The van der Waals surface area contributed by atoms with E-state index in [2.05, 4.69) is 16.2 Å². The highest BCUT2D eigenvalue weighted by Crippen LogP contribution is 2.60. The summed E-state index contributed by atoms with van der Waals surface area (Å²) in [5.41, 5.74) is 4.76. The second-order valence-electron chi connectivity index (χ2n) is 19.5. The molecule has 0 radical (unpaired) electrons. The number of fused-ring (bicyclic) bond motifs is 3. The molecule has 0 aromatic carbocycles. The zero-order chi connectivity index (χ0) is 53.7. The molecule has 3 rings (SSSR count). The van der Waals surface area contributed by atoms with Crippen LogP contribution in [0.3, 0.4) is 0 Å². The second-order valence-corrected chi connectivity index (χ2v) is 22.6. The summed E-state index contributed by atoms with van der Waals surface area (Å²) in [5.74, 6) is -4.92. The van der Waals surface area contributed by atoms with Gasteiger partial charge in [0.15, 0.2) is 6.10 Å². The molecule has 2 bridgehead atoms. The molecule has 420 valence electrons. The number of ketones is 1. The van der Waals surface area contributed by atoms with Gasteiger partial charge in [0.1, 0.15) is 36.6 Å². The highest BCUT2D eigenvalue weighted by molar-refractivity contribution is 7.61. The Labute approximate surface area is 431 Å². The number of carbonyl (C=O) groups is 3. The van der Waals surface area contributed by atoms with Crippen LogP contribution in [0.4, 0.5) is 5.82 Å². The van der Waals surface area contributed by atoms with Gasteiger partial charge in [-0.3, -0.25) is 28.0 Å². The standard InChI is InChI=1S/C50H87N3O18P2/c1-3-5-7-8-9-10-11-12-13-14-15-16-17-18-24-28-46(58)69-38-34-66-45(57)27-23-20-19-22-26-40-42(56)33-41(55)39(30-29-37(54)25-21-6-4-2)47(59)48(60)43(36-68-73(64,65)71-72(62,63)67-35-38)70-49(40)53-32-31-44(51)52-50(53)61/h29-32,37-41,43,47-49,54-55,59-60H,3-28,33-36H2,1-2H3,(H,62,63)(H,64,65)(H2,51,52,61)/b30-29+/t37-,38+,39-,40-,41+,43+,47-,48+,49+/m0/s1. The minimum Gasteiger partial charge on any atom is -0.462 e. The molecule has 2 unspecified atom stereocenters. The van der Waals surface area contributed by atoms with Crippen LogP contribution in [0.1, 0.15) is 193 Å². The number of rotatable bonds is 24. The summed E-state index contributed by atoms with van der Waals surface area (Å²) >= 11 is 0. The first kappa shape index (κ1) is 64.4. The highest BCUT2D eigenvalue weighted by atomic mass is 31.3. The van der Waals surface area contributed by atoms with E-state index in [9.17, 15) is 58.5 Å². The molecule has 0 aliphatic carbocycles. The number of cyclic esters (lactones) is 1. The van der Waals surface area contributed by atoms with Gasteiger partial charge < -0.3 is 50.2 Å². The predicted octanol–water partition coefficient (Wildman–Crippen LogP) is 7.82.